The van der Waals surface area contributed by atoms with Crippen molar-refractivity contribution in [3.63, 3.8) is 0 Å². The number of rotatable bonds is 1. The third kappa shape index (κ3) is 2.38. The van der Waals surface area contributed by atoms with E-state index in [1.54, 1.807) is 0 Å². The Kier molecular flexibility index (Phi) is 3.38. The summed E-state index contributed by atoms with van der Waals surface area (Å²) in [5.41, 5.74) is 0.997. The monoisotopic (exact) mass is 268 g/mol. The van der Waals surface area contributed by atoms with Gasteiger partial charge in [0, 0.05) is 11.0 Å². The maximum atomic E-state index is 11.8. The topological polar surface area (TPSA) is 41.1 Å². The van der Waals surface area contributed by atoms with Crippen LogP contribution in [0.15, 0.2) is 28.7 Å². The first-order valence-electron chi connectivity index (χ1n) is 5.04. The number of benzene rings is 1. The zero-order valence-electron chi connectivity index (χ0n) is 8.29. The van der Waals surface area contributed by atoms with Crippen molar-refractivity contribution < 1.29 is 4.79 Å². The molecule has 1 amide bonds. The summed E-state index contributed by atoms with van der Waals surface area (Å²) in [5.74, 6) is 0.0550. The maximum absolute atomic E-state index is 11.8. The molecule has 3 nitrogen and oxygen atoms in total. The molecular formula is C11H13BrN2O. The summed E-state index contributed by atoms with van der Waals surface area (Å²) in [5, 5.41) is 6.14. The van der Waals surface area contributed by atoms with Crippen LogP contribution in [0.2, 0.25) is 0 Å². The zero-order chi connectivity index (χ0) is 10.7. The first kappa shape index (κ1) is 10.6. The first-order valence-corrected chi connectivity index (χ1v) is 5.84. The Bertz CT molecular complexity index is 367. The van der Waals surface area contributed by atoms with Crippen molar-refractivity contribution in [2.24, 2.45) is 0 Å². The van der Waals surface area contributed by atoms with Crippen molar-refractivity contribution in [3.8, 4) is 0 Å². The van der Waals surface area contributed by atoms with Crippen LogP contribution in [0.4, 0.5) is 0 Å². The van der Waals surface area contributed by atoms with Crippen LogP contribution >= 0.6 is 15.9 Å². The fourth-order valence-corrected chi connectivity index (χ4v) is 2.22. The van der Waals surface area contributed by atoms with Gasteiger partial charge < -0.3 is 10.6 Å². The lowest BCUT2D eigenvalue weighted by molar-refractivity contribution is -0.122. The van der Waals surface area contributed by atoms with Crippen LogP contribution in [-0.4, -0.2) is 19.0 Å². The van der Waals surface area contributed by atoms with Crippen LogP contribution in [0.1, 0.15) is 18.0 Å². The van der Waals surface area contributed by atoms with E-state index in [0.717, 1.165) is 29.5 Å². The highest BCUT2D eigenvalue weighted by atomic mass is 79.9. The van der Waals surface area contributed by atoms with E-state index in [2.05, 4.69) is 26.6 Å². The van der Waals surface area contributed by atoms with Gasteiger partial charge in [0.15, 0.2) is 0 Å². The molecule has 1 heterocycles. The Morgan fingerprint density at radius 3 is 2.87 bits per heavy atom. The largest absolute Gasteiger partial charge is 0.354 e. The minimum Gasteiger partial charge on any atom is -0.354 e. The number of nitrogens with one attached hydrogen (secondary N) is 2. The van der Waals surface area contributed by atoms with Gasteiger partial charge in [-0.05, 0) is 24.6 Å². The Morgan fingerprint density at radius 1 is 1.27 bits per heavy atom. The van der Waals surface area contributed by atoms with Crippen LogP contribution in [0, 0.1) is 0 Å². The molecule has 1 unspecified atom stereocenters. The average molecular weight is 269 g/mol. The quantitative estimate of drug-likeness (QED) is 0.813. The predicted molar refractivity (Wildman–Crippen MR) is 62.5 cm³/mol. The van der Waals surface area contributed by atoms with E-state index in [1.165, 1.54) is 0 Å². The molecule has 1 fully saturated rings. The van der Waals surface area contributed by atoms with Crippen molar-refractivity contribution >= 4 is 21.8 Å². The number of carbonyl (C=O) groups excluding carboxylic acids is 1. The maximum Gasteiger partial charge on any atom is 0.241 e. The molecule has 0 radical (unpaired) electrons. The molecule has 0 aliphatic carbocycles. The molecule has 0 spiro atoms. The first-order chi connectivity index (χ1) is 7.29. The van der Waals surface area contributed by atoms with Crippen LogP contribution in [0.3, 0.4) is 0 Å². The number of halogens is 1. The predicted octanol–water partition coefficient (Wildman–Crippen LogP) is 1.60. The summed E-state index contributed by atoms with van der Waals surface area (Å²) in [4.78, 5) is 11.8. The lowest BCUT2D eigenvalue weighted by Gasteiger charge is -2.16. The van der Waals surface area contributed by atoms with Gasteiger partial charge in [0.25, 0.3) is 0 Å². The van der Waals surface area contributed by atoms with Gasteiger partial charge in [-0.1, -0.05) is 34.1 Å². The number of hydrogen-bond donors (Lipinski definition) is 2. The van der Waals surface area contributed by atoms with Gasteiger partial charge in [0.2, 0.25) is 5.91 Å². The molecule has 2 N–H and O–H groups in total. The molecule has 1 aliphatic rings. The third-order valence-corrected chi connectivity index (χ3v) is 3.20. The molecule has 4 heteroatoms. The SMILES string of the molecule is O=C1NCCCNC1c1ccccc1Br. The molecular weight excluding hydrogens is 256 g/mol. The van der Waals surface area contributed by atoms with Crippen molar-refractivity contribution in [2.75, 3.05) is 13.1 Å². The number of carbonyl (C=O) groups is 1. The Labute approximate surface area is 97.4 Å². The molecule has 0 aromatic heterocycles. The van der Waals surface area contributed by atoms with Crippen LogP contribution in [0.5, 0.6) is 0 Å². The number of hydrogen-bond acceptors (Lipinski definition) is 2. The van der Waals surface area contributed by atoms with E-state index in [4.69, 9.17) is 0 Å². The smallest absolute Gasteiger partial charge is 0.241 e. The lowest BCUT2D eigenvalue weighted by atomic mass is 10.1. The minimum atomic E-state index is -0.233. The van der Waals surface area contributed by atoms with E-state index in [0.29, 0.717) is 0 Å². The summed E-state index contributed by atoms with van der Waals surface area (Å²) >= 11 is 3.46. The average Bonchev–Trinajstić information content (AvgIpc) is 2.44. The van der Waals surface area contributed by atoms with Crippen molar-refractivity contribution in [1.82, 2.24) is 10.6 Å². The molecule has 1 saturated heterocycles. The van der Waals surface area contributed by atoms with Gasteiger partial charge in [-0.3, -0.25) is 4.79 Å². The van der Waals surface area contributed by atoms with E-state index in [1.807, 2.05) is 24.3 Å². The van der Waals surface area contributed by atoms with E-state index in [-0.39, 0.29) is 11.9 Å². The van der Waals surface area contributed by atoms with Crippen LogP contribution < -0.4 is 10.6 Å². The highest BCUT2D eigenvalue weighted by Gasteiger charge is 2.23. The Morgan fingerprint density at radius 2 is 2.07 bits per heavy atom. The third-order valence-electron chi connectivity index (χ3n) is 2.48. The van der Waals surface area contributed by atoms with Crippen molar-refractivity contribution in [1.29, 1.82) is 0 Å². The fraction of sp³-hybridized carbons (Fsp3) is 0.364. The molecule has 1 atom stereocenters. The number of amides is 1. The Balaban J connectivity index is 2.28. The van der Waals surface area contributed by atoms with Gasteiger partial charge in [0.05, 0.1) is 0 Å². The van der Waals surface area contributed by atoms with E-state index < -0.39 is 0 Å². The highest BCUT2D eigenvalue weighted by Crippen LogP contribution is 2.23. The summed E-state index contributed by atoms with van der Waals surface area (Å²) in [6.07, 6.45) is 0.979. The second-order valence-corrected chi connectivity index (χ2v) is 4.41. The summed E-state index contributed by atoms with van der Waals surface area (Å²) in [6.45, 7) is 1.62. The molecule has 0 saturated carbocycles. The van der Waals surface area contributed by atoms with Crippen LogP contribution in [-0.2, 0) is 4.79 Å². The molecule has 80 valence electrons. The second kappa shape index (κ2) is 4.77. The minimum absolute atomic E-state index is 0.0550. The fourth-order valence-electron chi connectivity index (χ4n) is 1.70. The lowest BCUT2D eigenvalue weighted by Crippen LogP contribution is -2.33. The Hall–Kier alpha value is -0.870. The second-order valence-electron chi connectivity index (χ2n) is 3.55. The highest BCUT2D eigenvalue weighted by molar-refractivity contribution is 9.10. The van der Waals surface area contributed by atoms with Gasteiger partial charge in [0.1, 0.15) is 6.04 Å². The molecule has 1 aromatic rings. The molecule has 1 aromatic carbocycles. The van der Waals surface area contributed by atoms with Crippen LogP contribution in [0.25, 0.3) is 0 Å². The summed E-state index contributed by atoms with van der Waals surface area (Å²) in [7, 11) is 0. The van der Waals surface area contributed by atoms with Crippen molar-refractivity contribution in [3.05, 3.63) is 34.3 Å². The van der Waals surface area contributed by atoms with Gasteiger partial charge in [-0.25, -0.2) is 0 Å². The van der Waals surface area contributed by atoms with Gasteiger partial charge >= 0.3 is 0 Å². The normalized spacial score (nSPS) is 21.9. The molecule has 2 rings (SSSR count). The summed E-state index contributed by atoms with van der Waals surface area (Å²) < 4.78 is 0.972. The standard InChI is InChI=1S/C11H13BrN2O/c12-9-5-2-1-4-8(9)10-11(15)14-7-3-6-13-10/h1-2,4-5,10,13H,3,6-7H2,(H,14,15). The molecule has 1 aliphatic heterocycles. The summed E-state index contributed by atoms with van der Waals surface area (Å²) in [6, 6.07) is 7.58. The van der Waals surface area contributed by atoms with Gasteiger partial charge in [-0.2, -0.15) is 0 Å². The van der Waals surface area contributed by atoms with E-state index in [9.17, 15) is 4.79 Å². The van der Waals surface area contributed by atoms with Gasteiger partial charge in [-0.15, -0.1) is 0 Å². The van der Waals surface area contributed by atoms with Crippen molar-refractivity contribution in [2.45, 2.75) is 12.5 Å². The van der Waals surface area contributed by atoms with E-state index >= 15 is 0 Å². The molecule has 0 bridgehead atoms. The zero-order valence-corrected chi connectivity index (χ0v) is 9.88. The molecule has 15 heavy (non-hydrogen) atoms.